The van der Waals surface area contributed by atoms with Gasteiger partial charge in [0.2, 0.25) is 0 Å². The lowest BCUT2D eigenvalue weighted by Gasteiger charge is -2.28. The summed E-state index contributed by atoms with van der Waals surface area (Å²) in [6.45, 7) is 3.77. The lowest BCUT2D eigenvalue weighted by atomic mass is 10.1. The van der Waals surface area contributed by atoms with Gasteiger partial charge in [-0.1, -0.05) is 43.1 Å². The smallest absolute Gasteiger partial charge is 0.186 e. The van der Waals surface area contributed by atoms with E-state index in [1.54, 1.807) is 0 Å². The van der Waals surface area contributed by atoms with Crippen LogP contribution in [0.4, 0.5) is 0 Å². The van der Waals surface area contributed by atoms with E-state index in [4.69, 9.17) is 30.5 Å². The third kappa shape index (κ3) is 3.41. The van der Waals surface area contributed by atoms with Crippen molar-refractivity contribution >= 4 is 11.6 Å². The largest absolute Gasteiger partial charge is 0.368 e. The highest BCUT2D eigenvalue weighted by molar-refractivity contribution is 6.31. The van der Waals surface area contributed by atoms with Gasteiger partial charge in [0.25, 0.3) is 0 Å². The van der Waals surface area contributed by atoms with Crippen LogP contribution in [-0.2, 0) is 25.6 Å². The van der Waals surface area contributed by atoms with E-state index in [0.29, 0.717) is 19.8 Å². The molecule has 2 fully saturated rings. The van der Waals surface area contributed by atoms with Crippen molar-refractivity contribution in [2.24, 2.45) is 0 Å². The molecule has 0 aliphatic carbocycles. The Kier molecular flexibility index (Phi) is 5.14. The molecule has 0 saturated carbocycles. The summed E-state index contributed by atoms with van der Waals surface area (Å²) in [6.07, 6.45) is 1.45. The highest BCUT2D eigenvalue weighted by atomic mass is 35.5. The second-order valence-electron chi connectivity index (χ2n) is 5.40. The van der Waals surface area contributed by atoms with Crippen LogP contribution < -0.4 is 0 Å². The zero-order chi connectivity index (χ0) is 14.7. The van der Waals surface area contributed by atoms with Gasteiger partial charge >= 0.3 is 0 Å². The van der Waals surface area contributed by atoms with Crippen molar-refractivity contribution in [3.05, 3.63) is 34.9 Å². The number of benzene rings is 1. The van der Waals surface area contributed by atoms with Gasteiger partial charge in [-0.05, 0) is 18.1 Å². The quantitative estimate of drug-likeness (QED) is 0.837. The lowest BCUT2D eigenvalue weighted by molar-refractivity contribution is -0.222. The number of fused-ring (bicyclic) bond motifs is 1. The standard InChI is InChI=1S/C16H21ClO4/c1-2-5-13-14(15-16(21-13)19-9-8-18-15)20-10-11-6-3-4-7-12(11)17/h3-4,6-7,13-16H,2,5,8-10H2,1H3/t13-,14+,15-,16+/m1/s1. The molecule has 0 aromatic heterocycles. The third-order valence-corrected chi connectivity index (χ3v) is 4.27. The van der Waals surface area contributed by atoms with Gasteiger partial charge in [-0.3, -0.25) is 0 Å². The van der Waals surface area contributed by atoms with E-state index in [2.05, 4.69) is 6.92 Å². The number of ether oxygens (including phenoxy) is 4. The van der Waals surface area contributed by atoms with E-state index in [1.807, 2.05) is 24.3 Å². The van der Waals surface area contributed by atoms with Gasteiger partial charge in [0, 0.05) is 5.02 Å². The fourth-order valence-corrected chi connectivity index (χ4v) is 3.06. The van der Waals surface area contributed by atoms with Gasteiger partial charge < -0.3 is 18.9 Å². The number of hydrogen-bond donors (Lipinski definition) is 0. The maximum atomic E-state index is 6.18. The Balaban J connectivity index is 1.67. The molecule has 4 nitrogen and oxygen atoms in total. The van der Waals surface area contributed by atoms with Crippen LogP contribution in [0.2, 0.25) is 5.02 Å². The molecular weight excluding hydrogens is 292 g/mol. The first kappa shape index (κ1) is 15.3. The zero-order valence-corrected chi connectivity index (χ0v) is 12.9. The molecule has 1 aromatic carbocycles. The van der Waals surface area contributed by atoms with E-state index < -0.39 is 0 Å². The van der Waals surface area contributed by atoms with Crippen LogP contribution in [0, 0.1) is 0 Å². The van der Waals surface area contributed by atoms with E-state index in [1.165, 1.54) is 0 Å². The Morgan fingerprint density at radius 1 is 1.24 bits per heavy atom. The maximum Gasteiger partial charge on any atom is 0.186 e. The van der Waals surface area contributed by atoms with Crippen molar-refractivity contribution in [2.75, 3.05) is 13.2 Å². The highest BCUT2D eigenvalue weighted by Gasteiger charge is 2.47. The average Bonchev–Trinajstić information content (AvgIpc) is 2.84. The summed E-state index contributed by atoms with van der Waals surface area (Å²) < 4.78 is 23.5. The molecule has 0 bridgehead atoms. The molecule has 2 saturated heterocycles. The van der Waals surface area contributed by atoms with Gasteiger partial charge in [-0.25, -0.2) is 0 Å². The summed E-state index contributed by atoms with van der Waals surface area (Å²) in [5.41, 5.74) is 0.981. The van der Waals surface area contributed by atoms with Crippen molar-refractivity contribution in [1.29, 1.82) is 0 Å². The predicted octanol–water partition coefficient (Wildman–Crippen LogP) is 3.17. The fourth-order valence-electron chi connectivity index (χ4n) is 2.87. The van der Waals surface area contributed by atoms with E-state index in [0.717, 1.165) is 23.4 Å². The van der Waals surface area contributed by atoms with Crippen molar-refractivity contribution < 1.29 is 18.9 Å². The Bertz CT molecular complexity index is 467. The topological polar surface area (TPSA) is 36.9 Å². The van der Waals surface area contributed by atoms with Crippen LogP contribution in [-0.4, -0.2) is 37.8 Å². The molecule has 21 heavy (non-hydrogen) atoms. The molecule has 2 heterocycles. The summed E-state index contributed by atoms with van der Waals surface area (Å²) in [4.78, 5) is 0. The molecule has 2 aliphatic heterocycles. The highest BCUT2D eigenvalue weighted by Crippen LogP contribution is 2.32. The van der Waals surface area contributed by atoms with Crippen LogP contribution in [0.1, 0.15) is 25.3 Å². The predicted molar refractivity (Wildman–Crippen MR) is 79.3 cm³/mol. The Hall–Kier alpha value is -0.650. The number of hydrogen-bond acceptors (Lipinski definition) is 4. The Morgan fingerprint density at radius 3 is 2.86 bits per heavy atom. The Labute approximate surface area is 130 Å². The minimum absolute atomic E-state index is 0.0191. The first-order chi connectivity index (χ1) is 10.3. The molecule has 3 rings (SSSR count). The molecule has 116 valence electrons. The van der Waals surface area contributed by atoms with Crippen LogP contribution >= 0.6 is 11.6 Å². The average molecular weight is 313 g/mol. The maximum absolute atomic E-state index is 6.18. The van der Waals surface area contributed by atoms with Crippen LogP contribution in [0.5, 0.6) is 0 Å². The van der Waals surface area contributed by atoms with E-state index in [-0.39, 0.29) is 24.6 Å². The minimum atomic E-state index is -0.299. The van der Waals surface area contributed by atoms with Gasteiger partial charge in [0.1, 0.15) is 12.2 Å². The first-order valence-electron chi connectivity index (χ1n) is 7.53. The Morgan fingerprint density at radius 2 is 2.05 bits per heavy atom. The van der Waals surface area contributed by atoms with Crippen molar-refractivity contribution in [2.45, 2.75) is 51.0 Å². The van der Waals surface area contributed by atoms with Gasteiger partial charge in [-0.2, -0.15) is 0 Å². The van der Waals surface area contributed by atoms with Crippen LogP contribution in [0.25, 0.3) is 0 Å². The molecule has 0 unspecified atom stereocenters. The molecule has 0 N–H and O–H groups in total. The van der Waals surface area contributed by atoms with E-state index >= 15 is 0 Å². The SMILES string of the molecule is CCC[C@H]1O[C@@H]2OCCO[C@@H]2[C@H]1OCc1ccccc1Cl. The summed E-state index contributed by atoms with van der Waals surface area (Å²) >= 11 is 6.18. The zero-order valence-electron chi connectivity index (χ0n) is 12.2. The second-order valence-corrected chi connectivity index (χ2v) is 5.81. The van der Waals surface area contributed by atoms with Crippen molar-refractivity contribution in [3.63, 3.8) is 0 Å². The summed E-state index contributed by atoms with van der Waals surface area (Å²) in [6, 6.07) is 7.72. The van der Waals surface area contributed by atoms with Gasteiger partial charge in [-0.15, -0.1) is 0 Å². The molecule has 5 heteroatoms. The number of rotatable bonds is 5. The molecule has 0 amide bonds. The third-order valence-electron chi connectivity index (χ3n) is 3.91. The van der Waals surface area contributed by atoms with Gasteiger partial charge in [0.05, 0.1) is 25.9 Å². The van der Waals surface area contributed by atoms with E-state index in [9.17, 15) is 0 Å². The summed E-state index contributed by atoms with van der Waals surface area (Å²) in [5.74, 6) is 0. The molecule has 0 radical (unpaired) electrons. The van der Waals surface area contributed by atoms with Crippen molar-refractivity contribution in [3.8, 4) is 0 Å². The summed E-state index contributed by atoms with van der Waals surface area (Å²) in [7, 11) is 0. The number of halogens is 1. The molecular formula is C16H21ClO4. The molecule has 0 spiro atoms. The van der Waals surface area contributed by atoms with Gasteiger partial charge in [0.15, 0.2) is 6.29 Å². The normalized spacial score (nSPS) is 32.1. The molecule has 1 aromatic rings. The van der Waals surface area contributed by atoms with Crippen molar-refractivity contribution in [1.82, 2.24) is 0 Å². The molecule has 4 atom stereocenters. The second kappa shape index (κ2) is 7.07. The fraction of sp³-hybridized carbons (Fsp3) is 0.625. The minimum Gasteiger partial charge on any atom is -0.368 e. The van der Waals surface area contributed by atoms with Crippen LogP contribution in [0.15, 0.2) is 24.3 Å². The lowest BCUT2D eigenvalue weighted by Crippen LogP contribution is -2.42. The van der Waals surface area contributed by atoms with Crippen LogP contribution in [0.3, 0.4) is 0 Å². The summed E-state index contributed by atoms with van der Waals surface area (Å²) in [5, 5.41) is 0.723. The monoisotopic (exact) mass is 312 g/mol. The molecule has 2 aliphatic rings. The first-order valence-corrected chi connectivity index (χ1v) is 7.91.